The van der Waals surface area contributed by atoms with E-state index in [1.54, 1.807) is 24.3 Å². The zero-order valence-corrected chi connectivity index (χ0v) is 17.8. The molecule has 0 N–H and O–H groups in total. The van der Waals surface area contributed by atoms with Crippen molar-refractivity contribution in [3.8, 4) is 0 Å². The van der Waals surface area contributed by atoms with Gasteiger partial charge >= 0.3 is 0 Å². The number of anilines is 1. The van der Waals surface area contributed by atoms with E-state index in [0.29, 0.717) is 16.5 Å². The van der Waals surface area contributed by atoms with Crippen LogP contribution in [0.4, 0.5) is 5.13 Å². The van der Waals surface area contributed by atoms with E-state index in [-0.39, 0.29) is 28.6 Å². The van der Waals surface area contributed by atoms with Crippen molar-refractivity contribution in [1.82, 2.24) is 15.2 Å². The third-order valence-electron chi connectivity index (χ3n) is 4.45. The highest BCUT2D eigenvalue weighted by Crippen LogP contribution is 2.34. The first-order valence-electron chi connectivity index (χ1n) is 9.41. The number of aromatic nitrogens is 2. The zero-order chi connectivity index (χ0) is 21.1. The summed E-state index contributed by atoms with van der Waals surface area (Å²) in [5.41, 5.74) is 1.69. The number of rotatable bonds is 7. The lowest BCUT2D eigenvalue weighted by molar-refractivity contribution is -0.120. The highest BCUT2D eigenvalue weighted by atomic mass is 32.2. The molecule has 0 saturated carbocycles. The largest absolute Gasteiger partial charge is 0.281 e. The van der Waals surface area contributed by atoms with E-state index in [1.807, 2.05) is 37.3 Å². The Morgan fingerprint density at radius 1 is 1.00 bits per heavy atom. The van der Waals surface area contributed by atoms with Crippen molar-refractivity contribution in [1.29, 1.82) is 0 Å². The number of carbonyl (C=O) groups is 3. The maximum Gasteiger partial charge on any atom is 0.281 e. The maximum atomic E-state index is 12.9. The summed E-state index contributed by atoms with van der Waals surface area (Å²) in [5.74, 6) is -0.740. The Labute approximate surface area is 181 Å². The highest BCUT2D eigenvalue weighted by Gasteiger charge is 2.43. The molecular formula is C21H18N4O3S2. The summed E-state index contributed by atoms with van der Waals surface area (Å²) >= 11 is 2.67. The van der Waals surface area contributed by atoms with Crippen molar-refractivity contribution in [2.75, 3.05) is 5.01 Å². The van der Waals surface area contributed by atoms with Crippen molar-refractivity contribution in [3.63, 3.8) is 0 Å². The fourth-order valence-corrected chi connectivity index (χ4v) is 4.85. The Bertz CT molecular complexity index is 1070. The first-order valence-corrected chi connectivity index (χ1v) is 11.2. The number of amides is 3. The number of imide groups is 1. The molecule has 0 unspecified atom stereocenters. The standard InChI is InChI=1S/C21H18N4O3S2/c1-2-8-17(26)24(25-18(27)15-11-6-7-12-16(15)19(25)28)20-22-23-21(30-20)29-13-14-9-4-3-5-10-14/h3-7,9-12H,2,8,13H2,1H3. The molecule has 1 aliphatic heterocycles. The van der Waals surface area contributed by atoms with Crippen LogP contribution in [0.25, 0.3) is 0 Å². The molecule has 30 heavy (non-hydrogen) atoms. The van der Waals surface area contributed by atoms with E-state index >= 15 is 0 Å². The monoisotopic (exact) mass is 438 g/mol. The zero-order valence-electron chi connectivity index (χ0n) is 16.1. The van der Waals surface area contributed by atoms with Gasteiger partial charge in [0.1, 0.15) is 0 Å². The van der Waals surface area contributed by atoms with Gasteiger partial charge in [0.15, 0.2) is 4.34 Å². The summed E-state index contributed by atoms with van der Waals surface area (Å²) < 4.78 is 0.653. The topological polar surface area (TPSA) is 83.5 Å². The Morgan fingerprint density at radius 2 is 1.63 bits per heavy atom. The van der Waals surface area contributed by atoms with Crippen LogP contribution in [0.5, 0.6) is 0 Å². The molecule has 7 nitrogen and oxygen atoms in total. The van der Waals surface area contributed by atoms with Gasteiger partial charge in [-0.2, -0.15) is 10.0 Å². The molecule has 0 aliphatic carbocycles. The minimum Gasteiger partial charge on any atom is -0.273 e. The second-order valence-corrected chi connectivity index (χ2v) is 8.73. The molecule has 152 valence electrons. The van der Waals surface area contributed by atoms with Crippen LogP contribution in [0.15, 0.2) is 58.9 Å². The predicted octanol–water partition coefficient (Wildman–Crippen LogP) is 4.17. The van der Waals surface area contributed by atoms with Gasteiger partial charge in [-0.3, -0.25) is 14.4 Å². The number of carbonyl (C=O) groups excluding carboxylic acids is 3. The molecule has 1 aromatic heterocycles. The van der Waals surface area contributed by atoms with Crippen LogP contribution in [0.1, 0.15) is 46.0 Å². The van der Waals surface area contributed by atoms with Gasteiger partial charge in [-0.25, -0.2) is 0 Å². The van der Waals surface area contributed by atoms with Gasteiger partial charge in [-0.15, -0.1) is 10.2 Å². The average Bonchev–Trinajstić information content (AvgIpc) is 3.33. The van der Waals surface area contributed by atoms with Crippen LogP contribution in [0, 0.1) is 0 Å². The third kappa shape index (κ3) is 3.86. The molecule has 2 heterocycles. The number of fused-ring (bicyclic) bond motifs is 1. The summed E-state index contributed by atoms with van der Waals surface area (Å²) in [7, 11) is 0. The van der Waals surface area contributed by atoms with Crippen LogP contribution >= 0.6 is 23.1 Å². The smallest absolute Gasteiger partial charge is 0.273 e. The fourth-order valence-electron chi connectivity index (χ4n) is 3.05. The Kier molecular flexibility index (Phi) is 5.91. The van der Waals surface area contributed by atoms with Gasteiger partial charge in [0.05, 0.1) is 11.1 Å². The number of hydrogen-bond acceptors (Lipinski definition) is 7. The molecule has 9 heteroatoms. The summed E-state index contributed by atoms with van der Waals surface area (Å²) in [4.78, 5) is 38.7. The molecule has 1 aliphatic rings. The summed E-state index contributed by atoms with van der Waals surface area (Å²) in [6.07, 6.45) is 0.756. The minimum absolute atomic E-state index is 0.180. The van der Waals surface area contributed by atoms with Crippen LogP contribution < -0.4 is 5.01 Å². The van der Waals surface area contributed by atoms with E-state index < -0.39 is 11.8 Å². The van der Waals surface area contributed by atoms with Gasteiger partial charge in [0.25, 0.3) is 11.8 Å². The quantitative estimate of drug-likeness (QED) is 0.313. The first kappa shape index (κ1) is 20.2. The molecule has 0 saturated heterocycles. The van der Waals surface area contributed by atoms with Crippen LogP contribution in [-0.2, 0) is 10.5 Å². The first-order chi connectivity index (χ1) is 14.6. The molecule has 0 fully saturated rings. The van der Waals surface area contributed by atoms with E-state index in [4.69, 9.17) is 0 Å². The van der Waals surface area contributed by atoms with Crippen molar-refractivity contribution in [3.05, 3.63) is 71.3 Å². The van der Waals surface area contributed by atoms with Crippen molar-refractivity contribution in [2.24, 2.45) is 0 Å². The van der Waals surface area contributed by atoms with Crippen molar-refractivity contribution >= 4 is 46.0 Å². The third-order valence-corrected chi connectivity index (χ3v) is 6.56. The van der Waals surface area contributed by atoms with Gasteiger partial charge < -0.3 is 0 Å². The van der Waals surface area contributed by atoms with Crippen molar-refractivity contribution in [2.45, 2.75) is 29.9 Å². The molecule has 2 aromatic carbocycles. The predicted molar refractivity (Wildman–Crippen MR) is 115 cm³/mol. The second-order valence-electron chi connectivity index (χ2n) is 6.55. The lowest BCUT2D eigenvalue weighted by atomic mass is 10.1. The summed E-state index contributed by atoms with van der Waals surface area (Å²) in [6.45, 7) is 1.86. The lowest BCUT2D eigenvalue weighted by Crippen LogP contribution is -2.50. The molecule has 0 atom stereocenters. The molecule has 0 bridgehead atoms. The number of nitrogens with zero attached hydrogens (tertiary/aromatic N) is 4. The minimum atomic E-state index is -0.534. The highest BCUT2D eigenvalue weighted by molar-refractivity contribution is 8.00. The molecule has 4 rings (SSSR count). The average molecular weight is 439 g/mol. The van der Waals surface area contributed by atoms with Crippen LogP contribution in [0.3, 0.4) is 0 Å². The van der Waals surface area contributed by atoms with Crippen LogP contribution in [0.2, 0.25) is 0 Å². The molecule has 0 spiro atoms. The SMILES string of the molecule is CCCC(=O)N(c1nnc(SCc2ccccc2)s1)N1C(=O)c2ccccc2C1=O. The van der Waals surface area contributed by atoms with Gasteiger partial charge in [-0.1, -0.05) is 72.5 Å². The molecule has 0 radical (unpaired) electrons. The van der Waals surface area contributed by atoms with Crippen molar-refractivity contribution < 1.29 is 14.4 Å². The van der Waals surface area contributed by atoms with Crippen LogP contribution in [-0.4, -0.2) is 32.9 Å². The fraction of sp³-hybridized carbons (Fsp3) is 0.190. The van der Waals surface area contributed by atoms with Gasteiger partial charge in [0, 0.05) is 12.2 Å². The summed E-state index contributed by atoms with van der Waals surface area (Å²) in [6, 6.07) is 16.5. The number of thioether (sulfide) groups is 1. The maximum absolute atomic E-state index is 12.9. The van der Waals surface area contributed by atoms with E-state index in [0.717, 1.165) is 15.6 Å². The number of benzene rings is 2. The Balaban J connectivity index is 1.61. The Morgan fingerprint density at radius 3 is 2.27 bits per heavy atom. The Hall–Kier alpha value is -3.04. The van der Waals surface area contributed by atoms with E-state index in [9.17, 15) is 14.4 Å². The van der Waals surface area contributed by atoms with Gasteiger partial charge in [0.2, 0.25) is 11.0 Å². The summed E-state index contributed by atoms with van der Waals surface area (Å²) in [5, 5.41) is 10.4. The molecular weight excluding hydrogens is 420 g/mol. The molecule has 3 aromatic rings. The molecule has 3 amide bonds. The lowest BCUT2D eigenvalue weighted by Gasteiger charge is -2.26. The number of hydrogen-bond donors (Lipinski definition) is 0. The number of hydrazine groups is 1. The second kappa shape index (κ2) is 8.76. The van der Waals surface area contributed by atoms with Gasteiger partial charge in [-0.05, 0) is 24.1 Å². The normalized spacial score (nSPS) is 12.9. The van der Waals surface area contributed by atoms with E-state index in [2.05, 4.69) is 10.2 Å². The van der Waals surface area contributed by atoms with E-state index in [1.165, 1.54) is 23.1 Å².